The van der Waals surface area contributed by atoms with Crippen LogP contribution in [0.3, 0.4) is 0 Å². The molecule has 0 radical (unpaired) electrons. The van der Waals surface area contributed by atoms with Gasteiger partial charge in [-0.15, -0.1) is 0 Å². The molecule has 2 aromatic carbocycles. The highest BCUT2D eigenvalue weighted by Crippen LogP contribution is 2.29. The second-order valence-electron chi connectivity index (χ2n) is 6.39. The molecule has 0 amide bonds. The Morgan fingerprint density at radius 2 is 1.25 bits per heavy atom. The maximum Gasteiger partial charge on any atom is -0.00201 e. The maximum atomic E-state index is 2.29. The molecule has 0 aromatic heterocycles. The van der Waals surface area contributed by atoms with Crippen molar-refractivity contribution in [2.45, 2.75) is 52.9 Å². The number of rotatable bonds is 4. The van der Waals surface area contributed by atoms with Crippen molar-refractivity contribution in [3.63, 3.8) is 0 Å². The molecular formula is C20H26. The molecule has 0 aliphatic carbocycles. The van der Waals surface area contributed by atoms with Gasteiger partial charge in [-0.2, -0.15) is 0 Å². The van der Waals surface area contributed by atoms with Gasteiger partial charge in [0.25, 0.3) is 0 Å². The van der Waals surface area contributed by atoms with E-state index in [1.165, 1.54) is 27.8 Å². The Morgan fingerprint density at radius 3 is 1.70 bits per heavy atom. The smallest absolute Gasteiger partial charge is 0.00201 e. The fourth-order valence-electron chi connectivity index (χ4n) is 2.82. The Kier molecular flexibility index (Phi) is 4.65. The SMILES string of the molecule is Cc1ccc(Cc2c(C(C)C)cccc2C(C)C)cc1. The summed E-state index contributed by atoms with van der Waals surface area (Å²) in [5.74, 6) is 1.16. The normalized spacial score (nSPS) is 11.3. The molecule has 0 nitrogen and oxygen atoms in total. The second kappa shape index (κ2) is 6.26. The van der Waals surface area contributed by atoms with Gasteiger partial charge in [0.2, 0.25) is 0 Å². The van der Waals surface area contributed by atoms with Crippen LogP contribution in [0.4, 0.5) is 0 Å². The lowest BCUT2D eigenvalue weighted by Crippen LogP contribution is -2.04. The van der Waals surface area contributed by atoms with E-state index in [0.29, 0.717) is 11.8 Å². The van der Waals surface area contributed by atoms with Gasteiger partial charge in [-0.3, -0.25) is 0 Å². The third kappa shape index (κ3) is 3.30. The lowest BCUT2D eigenvalue weighted by atomic mass is 9.85. The number of hydrogen-bond donors (Lipinski definition) is 0. The standard InChI is InChI=1S/C20H26/c1-14(2)18-7-6-8-19(15(3)4)20(18)13-17-11-9-16(5)10-12-17/h6-12,14-15H,13H2,1-5H3. The maximum absolute atomic E-state index is 2.29. The van der Waals surface area contributed by atoms with Crippen molar-refractivity contribution in [1.82, 2.24) is 0 Å². The summed E-state index contributed by atoms with van der Waals surface area (Å²) >= 11 is 0. The molecule has 0 saturated heterocycles. The quantitative estimate of drug-likeness (QED) is 0.653. The monoisotopic (exact) mass is 266 g/mol. The van der Waals surface area contributed by atoms with Crippen molar-refractivity contribution < 1.29 is 0 Å². The summed E-state index contributed by atoms with van der Waals surface area (Å²) in [6.45, 7) is 11.3. The fourth-order valence-corrected chi connectivity index (χ4v) is 2.82. The summed E-state index contributed by atoms with van der Waals surface area (Å²) in [4.78, 5) is 0. The molecule has 0 saturated carbocycles. The van der Waals surface area contributed by atoms with E-state index >= 15 is 0 Å². The summed E-state index contributed by atoms with van der Waals surface area (Å²) in [5.41, 5.74) is 7.26. The van der Waals surface area contributed by atoms with Gasteiger partial charge in [0.15, 0.2) is 0 Å². The molecule has 0 heteroatoms. The summed E-state index contributed by atoms with van der Waals surface area (Å²) in [7, 11) is 0. The third-order valence-electron chi connectivity index (χ3n) is 3.99. The van der Waals surface area contributed by atoms with Gasteiger partial charge in [0.1, 0.15) is 0 Å². The molecular weight excluding hydrogens is 240 g/mol. The Hall–Kier alpha value is -1.56. The predicted molar refractivity (Wildman–Crippen MR) is 88.6 cm³/mol. The van der Waals surface area contributed by atoms with Crippen molar-refractivity contribution in [2.24, 2.45) is 0 Å². The molecule has 0 heterocycles. The van der Waals surface area contributed by atoms with E-state index < -0.39 is 0 Å². The first-order valence-corrected chi connectivity index (χ1v) is 7.66. The number of hydrogen-bond acceptors (Lipinski definition) is 0. The summed E-state index contributed by atoms with van der Waals surface area (Å²) in [6, 6.07) is 15.7. The highest BCUT2D eigenvalue weighted by molar-refractivity contribution is 5.42. The summed E-state index contributed by atoms with van der Waals surface area (Å²) in [6.07, 6.45) is 1.04. The molecule has 106 valence electrons. The molecule has 0 aliphatic heterocycles. The van der Waals surface area contributed by atoms with Crippen molar-refractivity contribution in [3.05, 3.63) is 70.3 Å². The van der Waals surface area contributed by atoms with E-state index in [1.807, 2.05) is 0 Å². The van der Waals surface area contributed by atoms with Crippen molar-refractivity contribution in [2.75, 3.05) is 0 Å². The Bertz CT molecular complexity index is 533. The Labute approximate surface area is 123 Å². The highest BCUT2D eigenvalue weighted by atomic mass is 14.2. The molecule has 0 fully saturated rings. The molecule has 0 spiro atoms. The first kappa shape index (κ1) is 14.8. The largest absolute Gasteiger partial charge is 0.0617 e. The average Bonchev–Trinajstić information content (AvgIpc) is 2.41. The molecule has 2 aromatic rings. The van der Waals surface area contributed by atoms with Crippen LogP contribution in [-0.2, 0) is 6.42 Å². The van der Waals surface area contributed by atoms with Crippen LogP contribution in [0.25, 0.3) is 0 Å². The lowest BCUT2D eigenvalue weighted by Gasteiger charge is -2.19. The molecule has 0 unspecified atom stereocenters. The first-order chi connectivity index (χ1) is 9.49. The molecule has 2 rings (SSSR count). The highest BCUT2D eigenvalue weighted by Gasteiger charge is 2.13. The Morgan fingerprint density at radius 1 is 0.750 bits per heavy atom. The van der Waals surface area contributed by atoms with E-state index in [1.54, 1.807) is 0 Å². The van der Waals surface area contributed by atoms with Crippen LogP contribution in [0, 0.1) is 6.92 Å². The second-order valence-corrected chi connectivity index (χ2v) is 6.39. The van der Waals surface area contributed by atoms with Gasteiger partial charge in [-0.25, -0.2) is 0 Å². The van der Waals surface area contributed by atoms with Crippen LogP contribution in [-0.4, -0.2) is 0 Å². The Balaban J connectivity index is 2.44. The van der Waals surface area contributed by atoms with Crippen LogP contribution in [0.2, 0.25) is 0 Å². The van der Waals surface area contributed by atoms with Crippen molar-refractivity contribution >= 4 is 0 Å². The van der Waals surface area contributed by atoms with Crippen LogP contribution < -0.4 is 0 Å². The lowest BCUT2D eigenvalue weighted by molar-refractivity contribution is 0.805. The van der Waals surface area contributed by atoms with Crippen molar-refractivity contribution in [1.29, 1.82) is 0 Å². The molecule has 0 N–H and O–H groups in total. The van der Waals surface area contributed by atoms with Crippen LogP contribution in [0.15, 0.2) is 42.5 Å². The van der Waals surface area contributed by atoms with Gasteiger partial charge in [0, 0.05) is 0 Å². The van der Waals surface area contributed by atoms with Gasteiger partial charge in [-0.05, 0) is 47.4 Å². The molecule has 0 atom stereocenters. The predicted octanol–water partition coefficient (Wildman–Crippen LogP) is 5.83. The van der Waals surface area contributed by atoms with E-state index in [2.05, 4.69) is 77.1 Å². The number of aryl methyl sites for hydroxylation is 1. The zero-order chi connectivity index (χ0) is 14.7. The van der Waals surface area contributed by atoms with Gasteiger partial charge in [0.05, 0.1) is 0 Å². The minimum atomic E-state index is 0.578. The average molecular weight is 266 g/mol. The van der Waals surface area contributed by atoms with E-state index in [0.717, 1.165) is 6.42 Å². The summed E-state index contributed by atoms with van der Waals surface area (Å²) in [5, 5.41) is 0. The van der Waals surface area contributed by atoms with E-state index in [4.69, 9.17) is 0 Å². The minimum absolute atomic E-state index is 0.578. The van der Waals surface area contributed by atoms with Crippen LogP contribution in [0.1, 0.15) is 67.3 Å². The summed E-state index contributed by atoms with van der Waals surface area (Å²) < 4.78 is 0. The van der Waals surface area contributed by atoms with Crippen LogP contribution >= 0.6 is 0 Å². The van der Waals surface area contributed by atoms with Gasteiger partial charge >= 0.3 is 0 Å². The minimum Gasteiger partial charge on any atom is -0.0617 e. The first-order valence-electron chi connectivity index (χ1n) is 7.66. The van der Waals surface area contributed by atoms with Gasteiger partial charge < -0.3 is 0 Å². The molecule has 0 bridgehead atoms. The zero-order valence-corrected chi connectivity index (χ0v) is 13.4. The van der Waals surface area contributed by atoms with E-state index in [9.17, 15) is 0 Å². The fraction of sp³-hybridized carbons (Fsp3) is 0.400. The molecule has 0 aliphatic rings. The zero-order valence-electron chi connectivity index (χ0n) is 13.4. The topological polar surface area (TPSA) is 0 Å². The van der Waals surface area contributed by atoms with Crippen molar-refractivity contribution in [3.8, 4) is 0 Å². The molecule has 20 heavy (non-hydrogen) atoms. The van der Waals surface area contributed by atoms with Crippen LogP contribution in [0.5, 0.6) is 0 Å². The third-order valence-corrected chi connectivity index (χ3v) is 3.99. The number of benzene rings is 2. The van der Waals surface area contributed by atoms with Gasteiger partial charge in [-0.1, -0.05) is 75.7 Å². The van der Waals surface area contributed by atoms with E-state index in [-0.39, 0.29) is 0 Å².